The molecular formula is C25H26N4O. The third-order valence-corrected chi connectivity index (χ3v) is 4.95. The van der Waals surface area contributed by atoms with Gasteiger partial charge in [-0.2, -0.15) is 0 Å². The highest BCUT2D eigenvalue weighted by Crippen LogP contribution is 2.34. The third-order valence-electron chi connectivity index (χ3n) is 4.95. The predicted octanol–water partition coefficient (Wildman–Crippen LogP) is 4.34. The minimum atomic E-state index is 0.736. The number of hydrogen-bond acceptors (Lipinski definition) is 5. The number of ether oxygens (including phenoxy) is 1. The fourth-order valence-corrected chi connectivity index (χ4v) is 3.41. The van der Waals surface area contributed by atoms with E-state index in [1.165, 1.54) is 0 Å². The van der Waals surface area contributed by atoms with Crippen LogP contribution in [0.3, 0.4) is 0 Å². The number of rotatable bonds is 2. The monoisotopic (exact) mass is 398 g/mol. The Bertz CT molecular complexity index is 1100. The number of hydrogen-bond donors (Lipinski definition) is 3. The van der Waals surface area contributed by atoms with Crippen molar-refractivity contribution in [2.75, 3.05) is 37.8 Å². The smallest absolute Gasteiger partial charge is 0.0788 e. The van der Waals surface area contributed by atoms with Crippen LogP contribution in [0.1, 0.15) is 0 Å². The van der Waals surface area contributed by atoms with Crippen molar-refractivity contribution in [3.8, 4) is 22.4 Å². The van der Waals surface area contributed by atoms with Gasteiger partial charge in [0.25, 0.3) is 0 Å². The largest absolute Gasteiger partial charge is 0.399 e. The van der Waals surface area contributed by atoms with E-state index in [2.05, 4.69) is 23.5 Å². The minimum absolute atomic E-state index is 0.736. The zero-order valence-corrected chi connectivity index (χ0v) is 16.8. The van der Waals surface area contributed by atoms with Gasteiger partial charge in [-0.05, 0) is 42.0 Å². The molecule has 1 aliphatic heterocycles. The molecule has 0 amide bonds. The summed E-state index contributed by atoms with van der Waals surface area (Å²) < 4.78 is 5.01. The second-order valence-corrected chi connectivity index (χ2v) is 7.19. The Morgan fingerprint density at radius 1 is 0.733 bits per heavy atom. The van der Waals surface area contributed by atoms with E-state index in [1.54, 1.807) is 0 Å². The first kappa shape index (κ1) is 19.9. The van der Waals surface area contributed by atoms with Crippen LogP contribution in [0, 0.1) is 0 Å². The number of morpholine rings is 1. The zero-order valence-electron chi connectivity index (χ0n) is 16.8. The van der Waals surface area contributed by atoms with Crippen molar-refractivity contribution >= 4 is 22.3 Å². The highest BCUT2D eigenvalue weighted by atomic mass is 16.5. The molecule has 152 valence electrons. The summed E-state index contributed by atoms with van der Waals surface area (Å²) in [6, 6.07) is 26.0. The molecule has 0 aliphatic carbocycles. The van der Waals surface area contributed by atoms with Gasteiger partial charge in [0, 0.05) is 41.0 Å². The Balaban J connectivity index is 0.000000313. The van der Waals surface area contributed by atoms with Crippen molar-refractivity contribution in [1.82, 2.24) is 10.3 Å². The lowest BCUT2D eigenvalue weighted by molar-refractivity contribution is 0.109. The normalized spacial score (nSPS) is 13.5. The second kappa shape index (κ2) is 9.39. The summed E-state index contributed by atoms with van der Waals surface area (Å²) in [6.07, 6.45) is 0. The molecule has 0 bridgehead atoms. The fraction of sp³-hybridized carbons (Fsp3) is 0.160. The fourth-order valence-electron chi connectivity index (χ4n) is 3.41. The molecule has 5 heteroatoms. The summed E-state index contributed by atoms with van der Waals surface area (Å²) in [5.74, 6) is 0. The van der Waals surface area contributed by atoms with Crippen molar-refractivity contribution < 1.29 is 4.74 Å². The number of anilines is 2. The molecule has 5 N–H and O–H groups in total. The minimum Gasteiger partial charge on any atom is -0.399 e. The number of aromatic nitrogens is 1. The molecule has 1 aromatic heterocycles. The number of nitrogens with zero attached hydrogens (tertiary/aromatic N) is 1. The second-order valence-electron chi connectivity index (χ2n) is 7.19. The number of nitrogen functional groups attached to an aromatic ring is 2. The maximum absolute atomic E-state index is 5.94. The van der Waals surface area contributed by atoms with Gasteiger partial charge in [0.15, 0.2) is 0 Å². The van der Waals surface area contributed by atoms with Crippen LogP contribution in [-0.2, 0) is 4.74 Å². The number of benzene rings is 3. The molecule has 2 heterocycles. The molecule has 0 radical (unpaired) electrons. The first-order chi connectivity index (χ1) is 14.7. The summed E-state index contributed by atoms with van der Waals surface area (Å²) >= 11 is 0. The van der Waals surface area contributed by atoms with Gasteiger partial charge < -0.3 is 21.5 Å². The van der Waals surface area contributed by atoms with Gasteiger partial charge >= 0.3 is 0 Å². The molecule has 0 spiro atoms. The summed E-state index contributed by atoms with van der Waals surface area (Å²) in [4.78, 5) is 4.90. The highest BCUT2D eigenvalue weighted by molar-refractivity contribution is 5.93. The van der Waals surface area contributed by atoms with Crippen LogP contribution < -0.4 is 16.8 Å². The van der Waals surface area contributed by atoms with Crippen molar-refractivity contribution in [2.24, 2.45) is 0 Å². The maximum atomic E-state index is 5.94. The van der Waals surface area contributed by atoms with E-state index in [9.17, 15) is 0 Å². The van der Waals surface area contributed by atoms with E-state index in [0.717, 1.165) is 71.0 Å². The van der Waals surface area contributed by atoms with Gasteiger partial charge in [-0.3, -0.25) is 0 Å². The van der Waals surface area contributed by atoms with E-state index >= 15 is 0 Å². The molecule has 0 saturated carbocycles. The van der Waals surface area contributed by atoms with Gasteiger partial charge in [0.1, 0.15) is 0 Å². The molecule has 5 rings (SSSR count). The highest BCUT2D eigenvalue weighted by Gasteiger charge is 2.11. The number of fused-ring (bicyclic) bond motifs is 1. The average molecular weight is 399 g/mol. The summed E-state index contributed by atoms with van der Waals surface area (Å²) in [7, 11) is 0. The van der Waals surface area contributed by atoms with Crippen LogP contribution in [0.15, 0.2) is 78.9 Å². The average Bonchev–Trinajstić information content (AvgIpc) is 2.81. The number of pyridine rings is 1. The molecule has 1 aliphatic rings. The molecule has 4 aromatic rings. The molecule has 30 heavy (non-hydrogen) atoms. The number of nitrogens with two attached hydrogens (primary N) is 2. The van der Waals surface area contributed by atoms with Crippen LogP contribution in [0.4, 0.5) is 11.4 Å². The molecule has 0 atom stereocenters. The summed E-state index contributed by atoms with van der Waals surface area (Å²) in [5.41, 5.74) is 18.4. The van der Waals surface area contributed by atoms with Gasteiger partial charge in [-0.15, -0.1) is 0 Å². The van der Waals surface area contributed by atoms with Crippen LogP contribution in [-0.4, -0.2) is 31.3 Å². The Kier molecular flexibility index (Phi) is 6.23. The lowest BCUT2D eigenvalue weighted by atomic mass is 9.97. The van der Waals surface area contributed by atoms with Crippen molar-refractivity contribution in [3.63, 3.8) is 0 Å². The Labute approximate surface area is 176 Å². The lowest BCUT2D eigenvalue weighted by Crippen LogP contribution is -2.30. The van der Waals surface area contributed by atoms with Crippen LogP contribution >= 0.6 is 0 Å². The molecule has 1 fully saturated rings. The zero-order chi connectivity index (χ0) is 20.8. The SMILES string of the molecule is C1COCCN1.Nc1ccc(-c2cc3cc(N)ccc3nc2-c2ccccc2)cc1. The van der Waals surface area contributed by atoms with E-state index in [4.69, 9.17) is 21.2 Å². The van der Waals surface area contributed by atoms with Crippen molar-refractivity contribution in [1.29, 1.82) is 0 Å². The van der Waals surface area contributed by atoms with E-state index < -0.39 is 0 Å². The maximum Gasteiger partial charge on any atom is 0.0788 e. The summed E-state index contributed by atoms with van der Waals surface area (Å²) in [6.45, 7) is 3.83. The van der Waals surface area contributed by atoms with Crippen LogP contribution in [0.2, 0.25) is 0 Å². The van der Waals surface area contributed by atoms with Gasteiger partial charge in [0.2, 0.25) is 0 Å². The topological polar surface area (TPSA) is 86.2 Å². The van der Waals surface area contributed by atoms with Crippen LogP contribution in [0.25, 0.3) is 33.3 Å². The summed E-state index contributed by atoms with van der Waals surface area (Å²) in [5, 5.41) is 4.19. The third kappa shape index (κ3) is 4.76. The van der Waals surface area contributed by atoms with E-state index in [-0.39, 0.29) is 0 Å². The van der Waals surface area contributed by atoms with Gasteiger partial charge in [0.05, 0.1) is 24.4 Å². The Morgan fingerprint density at radius 2 is 1.43 bits per heavy atom. The first-order valence-electron chi connectivity index (χ1n) is 10.1. The first-order valence-corrected chi connectivity index (χ1v) is 10.1. The van der Waals surface area contributed by atoms with E-state index in [0.29, 0.717) is 0 Å². The Hall–Kier alpha value is -3.41. The predicted molar refractivity (Wildman–Crippen MR) is 125 cm³/mol. The van der Waals surface area contributed by atoms with Crippen molar-refractivity contribution in [2.45, 2.75) is 0 Å². The number of nitrogens with one attached hydrogen (secondary N) is 1. The molecule has 3 aromatic carbocycles. The molecular weight excluding hydrogens is 372 g/mol. The quantitative estimate of drug-likeness (QED) is 0.437. The molecule has 0 unspecified atom stereocenters. The van der Waals surface area contributed by atoms with Gasteiger partial charge in [-0.1, -0.05) is 42.5 Å². The standard InChI is InChI=1S/C21H17N3.C4H9NO/c22-17-8-6-14(7-9-17)19-13-16-12-18(23)10-11-20(16)24-21(19)15-4-2-1-3-5-15;1-3-6-4-2-5-1/h1-13H,22-23H2;5H,1-4H2. The van der Waals surface area contributed by atoms with Crippen LogP contribution in [0.5, 0.6) is 0 Å². The van der Waals surface area contributed by atoms with E-state index in [1.807, 2.05) is 60.7 Å². The van der Waals surface area contributed by atoms with Gasteiger partial charge in [-0.25, -0.2) is 4.98 Å². The molecule has 5 nitrogen and oxygen atoms in total. The molecule has 1 saturated heterocycles. The van der Waals surface area contributed by atoms with Crippen molar-refractivity contribution in [3.05, 3.63) is 78.9 Å². The Morgan fingerprint density at radius 3 is 2.07 bits per heavy atom. The lowest BCUT2D eigenvalue weighted by Gasteiger charge is -2.12.